The topological polar surface area (TPSA) is 17.1 Å². The summed E-state index contributed by atoms with van der Waals surface area (Å²) in [4.78, 5) is 11.3. The van der Waals surface area contributed by atoms with Gasteiger partial charge in [-0.25, -0.2) is 0 Å². The van der Waals surface area contributed by atoms with Gasteiger partial charge in [0.1, 0.15) is 0 Å². The van der Waals surface area contributed by atoms with E-state index in [4.69, 9.17) is 0 Å². The van der Waals surface area contributed by atoms with Crippen molar-refractivity contribution in [3.8, 4) is 11.1 Å². The molecule has 0 unspecified atom stereocenters. The molecule has 0 N–H and O–H groups in total. The molecule has 0 aromatic heterocycles. The fourth-order valence-corrected chi connectivity index (χ4v) is 2.29. The third-order valence-electron chi connectivity index (χ3n) is 3.49. The van der Waals surface area contributed by atoms with Crippen molar-refractivity contribution in [1.29, 1.82) is 0 Å². The van der Waals surface area contributed by atoms with E-state index in [-0.39, 0.29) is 5.78 Å². The van der Waals surface area contributed by atoms with E-state index in [1.54, 1.807) is 6.92 Å². The first-order valence-electron chi connectivity index (χ1n) is 6.82. The summed E-state index contributed by atoms with van der Waals surface area (Å²) in [6, 6.07) is 14.4. The summed E-state index contributed by atoms with van der Waals surface area (Å²) in [5.41, 5.74) is 5.93. The molecule has 19 heavy (non-hydrogen) atoms. The van der Waals surface area contributed by atoms with Gasteiger partial charge in [0.05, 0.1) is 0 Å². The van der Waals surface area contributed by atoms with E-state index in [1.165, 1.54) is 22.3 Å². The van der Waals surface area contributed by atoms with Crippen molar-refractivity contribution in [2.45, 2.75) is 33.6 Å². The van der Waals surface area contributed by atoms with Crippen LogP contribution in [0.15, 0.2) is 42.5 Å². The maximum atomic E-state index is 11.3. The van der Waals surface area contributed by atoms with Gasteiger partial charge < -0.3 is 0 Å². The molecule has 0 aliphatic rings. The summed E-state index contributed by atoms with van der Waals surface area (Å²) in [6.07, 6.45) is 2.28. The second kappa shape index (κ2) is 5.83. The summed E-state index contributed by atoms with van der Waals surface area (Å²) in [7, 11) is 0. The molecule has 98 valence electrons. The van der Waals surface area contributed by atoms with Gasteiger partial charge in [0, 0.05) is 5.56 Å². The van der Waals surface area contributed by atoms with Crippen LogP contribution < -0.4 is 0 Å². The van der Waals surface area contributed by atoms with E-state index in [2.05, 4.69) is 32.0 Å². The molecule has 0 aliphatic heterocycles. The Morgan fingerprint density at radius 2 is 1.63 bits per heavy atom. The van der Waals surface area contributed by atoms with Crippen LogP contribution in [0.3, 0.4) is 0 Å². The third-order valence-corrected chi connectivity index (χ3v) is 3.49. The minimum Gasteiger partial charge on any atom is -0.295 e. The van der Waals surface area contributed by atoms with E-state index in [0.29, 0.717) is 0 Å². The minimum atomic E-state index is 0.113. The molecule has 0 aliphatic carbocycles. The highest BCUT2D eigenvalue weighted by Crippen LogP contribution is 2.23. The lowest BCUT2D eigenvalue weighted by molar-refractivity contribution is 0.101. The van der Waals surface area contributed by atoms with Gasteiger partial charge in [-0.3, -0.25) is 4.79 Å². The molecule has 0 saturated heterocycles. The van der Waals surface area contributed by atoms with Crippen LogP contribution in [0.25, 0.3) is 11.1 Å². The number of Topliss-reactive ketones (excluding diaryl/α,β-unsaturated/α-hetero) is 1. The lowest BCUT2D eigenvalue weighted by Crippen LogP contribution is -1.92. The quantitative estimate of drug-likeness (QED) is 0.713. The SMILES string of the molecule is CCCc1cc(-c2ccc(C(C)=O)cc2)ccc1C. The lowest BCUT2D eigenvalue weighted by Gasteiger charge is -2.09. The minimum absolute atomic E-state index is 0.113. The van der Waals surface area contributed by atoms with Crippen LogP contribution in [0.4, 0.5) is 0 Å². The Kier molecular flexibility index (Phi) is 4.16. The number of hydrogen-bond acceptors (Lipinski definition) is 1. The van der Waals surface area contributed by atoms with Crippen LogP contribution in [0.2, 0.25) is 0 Å². The monoisotopic (exact) mass is 252 g/mol. The maximum absolute atomic E-state index is 11.3. The van der Waals surface area contributed by atoms with E-state index < -0.39 is 0 Å². The Labute approximate surface area is 115 Å². The number of aryl methyl sites for hydroxylation is 2. The number of carbonyl (C=O) groups is 1. The van der Waals surface area contributed by atoms with E-state index in [0.717, 1.165) is 18.4 Å². The second-order valence-electron chi connectivity index (χ2n) is 5.02. The summed E-state index contributed by atoms with van der Waals surface area (Å²) in [5.74, 6) is 0.113. The normalized spacial score (nSPS) is 10.5. The maximum Gasteiger partial charge on any atom is 0.159 e. The Morgan fingerprint density at radius 1 is 1.00 bits per heavy atom. The van der Waals surface area contributed by atoms with Gasteiger partial charge in [-0.15, -0.1) is 0 Å². The molecule has 1 heteroatoms. The molecular weight excluding hydrogens is 232 g/mol. The predicted octanol–water partition coefficient (Wildman–Crippen LogP) is 4.82. The fraction of sp³-hybridized carbons (Fsp3) is 0.278. The first kappa shape index (κ1) is 13.5. The van der Waals surface area contributed by atoms with Crippen LogP contribution in [0.1, 0.15) is 41.8 Å². The molecule has 0 radical (unpaired) electrons. The van der Waals surface area contributed by atoms with Gasteiger partial charge in [-0.1, -0.05) is 55.8 Å². The van der Waals surface area contributed by atoms with Crippen molar-refractivity contribution in [1.82, 2.24) is 0 Å². The zero-order chi connectivity index (χ0) is 13.8. The van der Waals surface area contributed by atoms with Crippen LogP contribution in [-0.2, 0) is 6.42 Å². The van der Waals surface area contributed by atoms with Crippen molar-refractivity contribution in [2.24, 2.45) is 0 Å². The largest absolute Gasteiger partial charge is 0.295 e. The van der Waals surface area contributed by atoms with Crippen molar-refractivity contribution in [2.75, 3.05) is 0 Å². The molecule has 0 atom stereocenters. The Hall–Kier alpha value is -1.89. The number of hydrogen-bond donors (Lipinski definition) is 0. The standard InChI is InChI=1S/C18H20O/c1-4-5-17-12-18(7-6-13(17)2)16-10-8-15(9-11-16)14(3)19/h6-12H,4-5H2,1-3H3. The molecule has 0 fully saturated rings. The average molecular weight is 252 g/mol. The number of rotatable bonds is 4. The fourth-order valence-electron chi connectivity index (χ4n) is 2.29. The Bertz CT molecular complexity index is 579. The Morgan fingerprint density at radius 3 is 2.21 bits per heavy atom. The van der Waals surface area contributed by atoms with Crippen LogP contribution in [0.5, 0.6) is 0 Å². The van der Waals surface area contributed by atoms with E-state index >= 15 is 0 Å². The van der Waals surface area contributed by atoms with Gasteiger partial charge in [-0.2, -0.15) is 0 Å². The van der Waals surface area contributed by atoms with Crippen LogP contribution in [-0.4, -0.2) is 5.78 Å². The molecule has 0 bridgehead atoms. The van der Waals surface area contributed by atoms with Crippen molar-refractivity contribution >= 4 is 5.78 Å². The highest BCUT2D eigenvalue weighted by molar-refractivity contribution is 5.94. The molecule has 2 aromatic carbocycles. The zero-order valence-electron chi connectivity index (χ0n) is 11.9. The predicted molar refractivity (Wildman–Crippen MR) is 80.6 cm³/mol. The van der Waals surface area contributed by atoms with Gasteiger partial charge in [0.25, 0.3) is 0 Å². The summed E-state index contributed by atoms with van der Waals surface area (Å²) < 4.78 is 0. The third kappa shape index (κ3) is 3.11. The zero-order valence-corrected chi connectivity index (χ0v) is 11.9. The molecule has 0 heterocycles. The first-order valence-corrected chi connectivity index (χ1v) is 6.82. The molecular formula is C18H20O. The van der Waals surface area contributed by atoms with Gasteiger partial charge in [-0.05, 0) is 42.5 Å². The number of benzene rings is 2. The van der Waals surface area contributed by atoms with Gasteiger partial charge in [0.2, 0.25) is 0 Å². The number of carbonyl (C=O) groups excluding carboxylic acids is 1. The summed E-state index contributed by atoms with van der Waals surface area (Å²) >= 11 is 0. The molecule has 2 aromatic rings. The highest BCUT2D eigenvalue weighted by Gasteiger charge is 2.04. The smallest absolute Gasteiger partial charge is 0.159 e. The van der Waals surface area contributed by atoms with Crippen molar-refractivity contribution in [3.05, 3.63) is 59.2 Å². The van der Waals surface area contributed by atoms with E-state index in [1.807, 2.05) is 24.3 Å². The van der Waals surface area contributed by atoms with Crippen LogP contribution >= 0.6 is 0 Å². The van der Waals surface area contributed by atoms with Crippen LogP contribution in [0, 0.1) is 6.92 Å². The first-order chi connectivity index (χ1) is 9.11. The highest BCUT2D eigenvalue weighted by atomic mass is 16.1. The molecule has 1 nitrogen and oxygen atoms in total. The van der Waals surface area contributed by atoms with Gasteiger partial charge >= 0.3 is 0 Å². The van der Waals surface area contributed by atoms with Gasteiger partial charge in [0.15, 0.2) is 5.78 Å². The second-order valence-corrected chi connectivity index (χ2v) is 5.02. The molecule has 2 rings (SSSR count). The van der Waals surface area contributed by atoms with Crippen molar-refractivity contribution in [3.63, 3.8) is 0 Å². The van der Waals surface area contributed by atoms with Crippen molar-refractivity contribution < 1.29 is 4.79 Å². The average Bonchev–Trinajstić information content (AvgIpc) is 2.41. The molecule has 0 spiro atoms. The molecule has 0 saturated carbocycles. The molecule has 0 amide bonds. The lowest BCUT2D eigenvalue weighted by atomic mass is 9.96. The van der Waals surface area contributed by atoms with E-state index in [9.17, 15) is 4.79 Å². The summed E-state index contributed by atoms with van der Waals surface area (Å²) in [6.45, 7) is 5.96. The number of ketones is 1. The summed E-state index contributed by atoms with van der Waals surface area (Å²) in [5, 5.41) is 0. The Balaban J connectivity index is 2.35.